The SMILES string of the molecule is C=C(c1ccccc1)C(C)(C)c1ccccc1. The van der Waals surface area contributed by atoms with Gasteiger partial charge >= 0.3 is 0 Å². The number of hydrogen-bond donors (Lipinski definition) is 0. The quantitative estimate of drug-likeness (QED) is 0.707. The van der Waals surface area contributed by atoms with Gasteiger partial charge in [0.2, 0.25) is 0 Å². The van der Waals surface area contributed by atoms with Gasteiger partial charge in [-0.3, -0.25) is 0 Å². The van der Waals surface area contributed by atoms with Crippen LogP contribution in [0.1, 0.15) is 25.0 Å². The minimum absolute atomic E-state index is 0.0391. The summed E-state index contributed by atoms with van der Waals surface area (Å²) in [7, 11) is 0. The Labute approximate surface area is 104 Å². The highest BCUT2D eigenvalue weighted by molar-refractivity contribution is 5.72. The number of benzene rings is 2. The lowest BCUT2D eigenvalue weighted by Gasteiger charge is -2.28. The number of hydrogen-bond acceptors (Lipinski definition) is 0. The van der Waals surface area contributed by atoms with Gasteiger partial charge < -0.3 is 0 Å². The highest BCUT2D eigenvalue weighted by Gasteiger charge is 2.24. The van der Waals surface area contributed by atoms with Crippen LogP contribution in [0.3, 0.4) is 0 Å². The van der Waals surface area contributed by atoms with E-state index in [-0.39, 0.29) is 5.41 Å². The maximum atomic E-state index is 4.27. The molecule has 0 aliphatic rings. The van der Waals surface area contributed by atoms with E-state index >= 15 is 0 Å². The van der Waals surface area contributed by atoms with Crippen molar-refractivity contribution in [1.82, 2.24) is 0 Å². The average Bonchev–Trinajstić information content (AvgIpc) is 2.40. The first-order valence-corrected chi connectivity index (χ1v) is 5.92. The van der Waals surface area contributed by atoms with E-state index in [1.807, 2.05) is 12.1 Å². The van der Waals surface area contributed by atoms with Crippen molar-refractivity contribution in [2.75, 3.05) is 0 Å². The van der Waals surface area contributed by atoms with Crippen molar-refractivity contribution in [3.05, 3.63) is 78.4 Å². The fraction of sp³-hybridized carbons (Fsp3) is 0.176. The number of rotatable bonds is 3. The van der Waals surface area contributed by atoms with Gasteiger partial charge in [0, 0.05) is 5.41 Å². The predicted octanol–water partition coefficient (Wildman–Crippen LogP) is 4.68. The van der Waals surface area contributed by atoms with Gasteiger partial charge in [-0.15, -0.1) is 0 Å². The molecular weight excluding hydrogens is 204 g/mol. The van der Waals surface area contributed by atoms with Crippen LogP contribution in [-0.4, -0.2) is 0 Å². The second-order valence-electron chi connectivity index (χ2n) is 4.84. The highest BCUT2D eigenvalue weighted by atomic mass is 14.3. The molecule has 0 N–H and O–H groups in total. The van der Waals surface area contributed by atoms with Crippen molar-refractivity contribution in [3.63, 3.8) is 0 Å². The highest BCUT2D eigenvalue weighted by Crippen LogP contribution is 2.36. The van der Waals surface area contributed by atoms with Crippen molar-refractivity contribution < 1.29 is 0 Å². The van der Waals surface area contributed by atoms with Crippen molar-refractivity contribution in [3.8, 4) is 0 Å². The van der Waals surface area contributed by atoms with Crippen LogP contribution in [0.15, 0.2) is 67.2 Å². The Hall–Kier alpha value is -1.82. The Morgan fingerprint density at radius 2 is 1.29 bits per heavy atom. The van der Waals surface area contributed by atoms with E-state index < -0.39 is 0 Å². The van der Waals surface area contributed by atoms with E-state index in [1.54, 1.807) is 0 Å². The van der Waals surface area contributed by atoms with Gasteiger partial charge in [-0.05, 0) is 16.7 Å². The maximum Gasteiger partial charge on any atom is 0.0146 e. The Kier molecular flexibility index (Phi) is 3.14. The molecule has 86 valence electrons. The zero-order chi connectivity index (χ0) is 12.3. The first-order chi connectivity index (χ1) is 8.12. The normalized spacial score (nSPS) is 11.2. The van der Waals surface area contributed by atoms with Crippen molar-refractivity contribution in [2.45, 2.75) is 19.3 Å². The van der Waals surface area contributed by atoms with E-state index in [1.165, 1.54) is 11.1 Å². The van der Waals surface area contributed by atoms with Crippen LogP contribution in [0.4, 0.5) is 0 Å². The van der Waals surface area contributed by atoms with Crippen LogP contribution in [0.25, 0.3) is 5.57 Å². The molecule has 0 bridgehead atoms. The first kappa shape index (κ1) is 11.7. The van der Waals surface area contributed by atoms with Gasteiger partial charge in [0.05, 0.1) is 0 Å². The van der Waals surface area contributed by atoms with Crippen molar-refractivity contribution in [1.29, 1.82) is 0 Å². The third-order valence-corrected chi connectivity index (χ3v) is 3.37. The van der Waals surface area contributed by atoms with E-state index in [4.69, 9.17) is 0 Å². The smallest absolute Gasteiger partial charge is 0.0146 e. The molecule has 0 saturated carbocycles. The molecular formula is C17H18. The summed E-state index contributed by atoms with van der Waals surface area (Å²) in [6.45, 7) is 8.71. The maximum absolute atomic E-state index is 4.27. The Morgan fingerprint density at radius 3 is 1.82 bits per heavy atom. The topological polar surface area (TPSA) is 0 Å². The van der Waals surface area contributed by atoms with Crippen LogP contribution < -0.4 is 0 Å². The summed E-state index contributed by atoms with van der Waals surface area (Å²) in [4.78, 5) is 0. The van der Waals surface area contributed by atoms with E-state index in [9.17, 15) is 0 Å². The molecule has 0 atom stereocenters. The third kappa shape index (κ3) is 2.31. The van der Waals surface area contributed by atoms with Crippen LogP contribution in [0, 0.1) is 0 Å². The molecule has 0 fully saturated rings. The summed E-state index contributed by atoms with van der Waals surface area (Å²) in [5.74, 6) is 0. The van der Waals surface area contributed by atoms with E-state index in [2.05, 4.69) is 69.0 Å². The second-order valence-corrected chi connectivity index (χ2v) is 4.84. The molecule has 0 heterocycles. The largest absolute Gasteiger partial charge is 0.0943 e. The van der Waals surface area contributed by atoms with Crippen LogP contribution in [0.5, 0.6) is 0 Å². The van der Waals surface area contributed by atoms with Crippen molar-refractivity contribution in [2.24, 2.45) is 0 Å². The molecule has 0 radical (unpaired) electrons. The van der Waals surface area contributed by atoms with E-state index in [0.717, 1.165) is 5.57 Å². The molecule has 0 spiro atoms. The molecule has 17 heavy (non-hydrogen) atoms. The fourth-order valence-corrected chi connectivity index (χ4v) is 2.03. The molecule has 0 amide bonds. The lowest BCUT2D eigenvalue weighted by Crippen LogP contribution is -2.18. The summed E-state index contributed by atoms with van der Waals surface area (Å²) >= 11 is 0. The first-order valence-electron chi connectivity index (χ1n) is 5.92. The molecule has 0 unspecified atom stereocenters. The molecule has 2 rings (SSSR count). The van der Waals surface area contributed by atoms with Crippen LogP contribution in [-0.2, 0) is 5.41 Å². The Morgan fingerprint density at radius 1 is 0.824 bits per heavy atom. The lowest BCUT2D eigenvalue weighted by molar-refractivity contribution is 0.694. The van der Waals surface area contributed by atoms with Crippen LogP contribution >= 0.6 is 0 Å². The predicted molar refractivity (Wildman–Crippen MR) is 74.9 cm³/mol. The minimum Gasteiger partial charge on any atom is -0.0943 e. The van der Waals surface area contributed by atoms with Gasteiger partial charge in [-0.2, -0.15) is 0 Å². The fourth-order valence-electron chi connectivity index (χ4n) is 2.03. The zero-order valence-corrected chi connectivity index (χ0v) is 10.5. The second kappa shape index (κ2) is 4.58. The molecule has 0 saturated heterocycles. The number of allylic oxidation sites excluding steroid dienone is 1. The Balaban J connectivity index is 2.37. The summed E-state index contributed by atoms with van der Waals surface area (Å²) in [6.07, 6.45) is 0. The summed E-state index contributed by atoms with van der Waals surface area (Å²) < 4.78 is 0. The monoisotopic (exact) mass is 222 g/mol. The van der Waals surface area contributed by atoms with Crippen molar-refractivity contribution >= 4 is 5.57 Å². The van der Waals surface area contributed by atoms with Gasteiger partial charge in [-0.1, -0.05) is 81.1 Å². The zero-order valence-electron chi connectivity index (χ0n) is 10.5. The minimum atomic E-state index is -0.0391. The lowest BCUT2D eigenvalue weighted by atomic mass is 9.76. The van der Waals surface area contributed by atoms with Crippen LogP contribution in [0.2, 0.25) is 0 Å². The summed E-state index contributed by atoms with van der Waals surface area (Å²) in [5, 5.41) is 0. The Bertz CT molecular complexity index is 492. The van der Waals surface area contributed by atoms with Gasteiger partial charge in [0.15, 0.2) is 0 Å². The molecule has 2 aromatic rings. The molecule has 2 aromatic carbocycles. The molecule has 0 aliphatic heterocycles. The van der Waals surface area contributed by atoms with Gasteiger partial charge in [0.1, 0.15) is 0 Å². The molecule has 0 nitrogen and oxygen atoms in total. The standard InChI is InChI=1S/C17H18/c1-14(15-10-6-4-7-11-15)17(2,3)16-12-8-5-9-13-16/h4-13H,1H2,2-3H3. The molecule has 0 heteroatoms. The summed E-state index contributed by atoms with van der Waals surface area (Å²) in [6, 6.07) is 20.9. The summed E-state index contributed by atoms with van der Waals surface area (Å²) in [5.41, 5.74) is 3.63. The third-order valence-electron chi connectivity index (χ3n) is 3.37. The van der Waals surface area contributed by atoms with E-state index in [0.29, 0.717) is 0 Å². The molecule has 0 aliphatic carbocycles. The molecule has 0 aromatic heterocycles. The average molecular weight is 222 g/mol. The van der Waals surface area contributed by atoms with Gasteiger partial charge in [0.25, 0.3) is 0 Å². The van der Waals surface area contributed by atoms with Gasteiger partial charge in [-0.25, -0.2) is 0 Å².